The zero-order chi connectivity index (χ0) is 15.1. The van der Waals surface area contributed by atoms with Gasteiger partial charge in [-0.05, 0) is 18.2 Å². The third kappa shape index (κ3) is 1.92. The van der Waals surface area contributed by atoms with Crippen LogP contribution >= 0.6 is 0 Å². The number of rotatable bonds is 3. The lowest BCUT2D eigenvalue weighted by molar-refractivity contribution is -0.134. The predicted octanol–water partition coefficient (Wildman–Crippen LogP) is 1.56. The van der Waals surface area contributed by atoms with E-state index in [1.807, 2.05) is 0 Å². The lowest BCUT2D eigenvalue weighted by atomic mass is 9.93. The number of carboxylic acid groups (broad SMARTS) is 1. The topological polar surface area (TPSA) is 86.7 Å². The summed E-state index contributed by atoms with van der Waals surface area (Å²) >= 11 is 0. The van der Waals surface area contributed by atoms with Crippen molar-refractivity contribution in [1.82, 2.24) is 4.90 Å². The predicted molar refractivity (Wildman–Crippen MR) is 76.5 cm³/mol. The van der Waals surface area contributed by atoms with Gasteiger partial charge in [-0.1, -0.05) is 12.1 Å². The Balaban J connectivity index is 2.25. The number of nitrogens with one attached hydrogen (secondary N) is 1. The lowest BCUT2D eigenvalue weighted by Crippen LogP contribution is -2.36. The van der Waals surface area contributed by atoms with E-state index >= 15 is 0 Å². The van der Waals surface area contributed by atoms with Crippen LogP contribution in [-0.2, 0) is 4.79 Å². The number of benzene rings is 2. The zero-order valence-electron chi connectivity index (χ0n) is 11.2. The second-order valence-corrected chi connectivity index (χ2v) is 4.81. The maximum atomic E-state index is 12.2. The Morgan fingerprint density at radius 2 is 1.81 bits per heavy atom. The molecule has 6 heteroatoms. The van der Waals surface area contributed by atoms with E-state index < -0.39 is 5.97 Å². The van der Waals surface area contributed by atoms with Crippen molar-refractivity contribution in [3.8, 4) is 0 Å². The molecule has 3 rings (SSSR count). The molecule has 0 atom stereocenters. The van der Waals surface area contributed by atoms with Gasteiger partial charge in [-0.2, -0.15) is 0 Å². The Labute approximate surface area is 120 Å². The number of hydrogen-bond acceptors (Lipinski definition) is 4. The standard InChI is InChI=1S/C15H12N2O4/c1-17-14(20)9-4-2-3-8-11(16-7-12(18)19)6-5-10(13(8)9)15(17)21/h2-6,16H,7H2,1H3,(H,18,19). The maximum absolute atomic E-state index is 12.2. The fraction of sp³-hybridized carbons (Fsp3) is 0.133. The molecule has 2 aromatic carbocycles. The minimum atomic E-state index is -0.984. The fourth-order valence-electron chi connectivity index (χ4n) is 2.54. The number of nitrogens with zero attached hydrogens (tertiary/aromatic N) is 1. The number of aliphatic carboxylic acids is 1. The highest BCUT2D eigenvalue weighted by Gasteiger charge is 2.30. The van der Waals surface area contributed by atoms with Crippen molar-refractivity contribution in [2.24, 2.45) is 0 Å². The van der Waals surface area contributed by atoms with E-state index in [4.69, 9.17) is 5.11 Å². The molecular weight excluding hydrogens is 272 g/mol. The van der Waals surface area contributed by atoms with Crippen molar-refractivity contribution in [2.75, 3.05) is 18.9 Å². The molecule has 0 aliphatic carbocycles. The number of amides is 2. The molecule has 0 fully saturated rings. The number of imide groups is 1. The summed E-state index contributed by atoms with van der Waals surface area (Å²) in [6, 6.07) is 8.42. The maximum Gasteiger partial charge on any atom is 0.322 e. The molecule has 1 aliphatic heterocycles. The quantitative estimate of drug-likeness (QED) is 0.835. The van der Waals surface area contributed by atoms with Gasteiger partial charge in [0, 0.05) is 34.6 Å². The average molecular weight is 284 g/mol. The Bertz CT molecular complexity index is 775. The first-order chi connectivity index (χ1) is 10.0. The van der Waals surface area contributed by atoms with Gasteiger partial charge in [0.1, 0.15) is 6.54 Å². The summed E-state index contributed by atoms with van der Waals surface area (Å²) in [4.78, 5) is 36.1. The van der Waals surface area contributed by atoms with Crippen LogP contribution in [0.15, 0.2) is 30.3 Å². The minimum Gasteiger partial charge on any atom is -0.480 e. The second-order valence-electron chi connectivity index (χ2n) is 4.81. The Kier molecular flexibility index (Phi) is 2.86. The van der Waals surface area contributed by atoms with Gasteiger partial charge in [0.05, 0.1) is 0 Å². The van der Waals surface area contributed by atoms with Gasteiger partial charge in [-0.3, -0.25) is 19.3 Å². The van der Waals surface area contributed by atoms with Crippen LogP contribution in [0.4, 0.5) is 5.69 Å². The van der Waals surface area contributed by atoms with E-state index in [2.05, 4.69) is 5.32 Å². The highest BCUT2D eigenvalue weighted by atomic mass is 16.4. The van der Waals surface area contributed by atoms with Crippen molar-refractivity contribution in [1.29, 1.82) is 0 Å². The van der Waals surface area contributed by atoms with Crippen LogP contribution in [-0.4, -0.2) is 41.4 Å². The molecule has 2 amide bonds. The summed E-state index contributed by atoms with van der Waals surface area (Å²) in [6.07, 6.45) is 0. The van der Waals surface area contributed by atoms with Gasteiger partial charge in [0.25, 0.3) is 11.8 Å². The SMILES string of the molecule is CN1C(=O)c2cccc3c(NCC(=O)O)ccc(c23)C1=O. The molecular formula is C15H12N2O4. The first kappa shape index (κ1) is 13.1. The zero-order valence-corrected chi connectivity index (χ0v) is 11.2. The third-order valence-corrected chi connectivity index (χ3v) is 3.54. The molecule has 1 aliphatic rings. The average Bonchev–Trinajstić information content (AvgIpc) is 2.48. The fourth-order valence-corrected chi connectivity index (χ4v) is 2.54. The van der Waals surface area contributed by atoms with Crippen molar-refractivity contribution in [3.05, 3.63) is 41.5 Å². The van der Waals surface area contributed by atoms with Crippen LogP contribution in [0.1, 0.15) is 20.7 Å². The molecule has 106 valence electrons. The molecule has 0 saturated carbocycles. The summed E-state index contributed by atoms with van der Waals surface area (Å²) in [5.74, 6) is -1.69. The third-order valence-electron chi connectivity index (χ3n) is 3.54. The molecule has 6 nitrogen and oxygen atoms in total. The number of carboxylic acids is 1. The molecule has 2 aromatic rings. The van der Waals surface area contributed by atoms with E-state index in [-0.39, 0.29) is 18.4 Å². The van der Waals surface area contributed by atoms with Gasteiger partial charge >= 0.3 is 5.97 Å². The summed E-state index contributed by atoms with van der Waals surface area (Å²) in [6.45, 7) is -0.236. The monoisotopic (exact) mass is 284 g/mol. The molecule has 2 N–H and O–H groups in total. The van der Waals surface area contributed by atoms with Crippen molar-refractivity contribution >= 4 is 34.2 Å². The van der Waals surface area contributed by atoms with Gasteiger partial charge < -0.3 is 10.4 Å². The Morgan fingerprint density at radius 3 is 2.48 bits per heavy atom. The highest BCUT2D eigenvalue weighted by molar-refractivity contribution is 6.26. The van der Waals surface area contributed by atoms with Crippen LogP contribution in [0, 0.1) is 0 Å². The molecule has 0 aromatic heterocycles. The Hall–Kier alpha value is -2.89. The van der Waals surface area contributed by atoms with E-state index in [1.54, 1.807) is 30.3 Å². The van der Waals surface area contributed by atoms with Gasteiger partial charge in [-0.25, -0.2) is 0 Å². The van der Waals surface area contributed by atoms with E-state index in [1.165, 1.54) is 7.05 Å². The van der Waals surface area contributed by atoms with Gasteiger partial charge in [0.15, 0.2) is 0 Å². The van der Waals surface area contributed by atoms with Crippen molar-refractivity contribution < 1.29 is 19.5 Å². The van der Waals surface area contributed by atoms with Crippen LogP contribution in [0.5, 0.6) is 0 Å². The number of carbonyl (C=O) groups excluding carboxylic acids is 2. The molecule has 1 heterocycles. The summed E-state index contributed by atoms with van der Waals surface area (Å²) < 4.78 is 0. The molecule has 0 unspecified atom stereocenters. The molecule has 0 radical (unpaired) electrons. The first-order valence-electron chi connectivity index (χ1n) is 6.34. The van der Waals surface area contributed by atoms with Crippen LogP contribution in [0.25, 0.3) is 10.8 Å². The molecule has 0 saturated heterocycles. The smallest absolute Gasteiger partial charge is 0.322 e. The normalized spacial score (nSPS) is 13.7. The van der Waals surface area contributed by atoms with Crippen LogP contribution < -0.4 is 5.32 Å². The van der Waals surface area contributed by atoms with Gasteiger partial charge in [0.2, 0.25) is 0 Å². The minimum absolute atomic E-state index is 0.236. The second kappa shape index (κ2) is 4.59. The highest BCUT2D eigenvalue weighted by Crippen LogP contribution is 2.33. The van der Waals surface area contributed by atoms with Crippen molar-refractivity contribution in [2.45, 2.75) is 0 Å². The largest absolute Gasteiger partial charge is 0.480 e. The van der Waals surface area contributed by atoms with Crippen LogP contribution in [0.3, 0.4) is 0 Å². The number of carbonyl (C=O) groups is 3. The Morgan fingerprint density at radius 1 is 1.14 bits per heavy atom. The van der Waals surface area contributed by atoms with Crippen molar-refractivity contribution in [3.63, 3.8) is 0 Å². The summed E-state index contributed by atoms with van der Waals surface area (Å²) in [7, 11) is 1.45. The number of anilines is 1. The number of hydrogen-bond donors (Lipinski definition) is 2. The summed E-state index contributed by atoms with van der Waals surface area (Å²) in [5.41, 5.74) is 1.48. The van der Waals surface area contributed by atoms with E-state index in [9.17, 15) is 14.4 Å². The molecule has 0 spiro atoms. The summed E-state index contributed by atoms with van der Waals surface area (Å²) in [5, 5.41) is 12.8. The van der Waals surface area contributed by atoms with E-state index in [0.29, 0.717) is 27.6 Å². The molecule has 0 bridgehead atoms. The van der Waals surface area contributed by atoms with Crippen LogP contribution in [0.2, 0.25) is 0 Å². The molecule has 21 heavy (non-hydrogen) atoms. The van der Waals surface area contributed by atoms with Gasteiger partial charge in [-0.15, -0.1) is 0 Å². The lowest BCUT2D eigenvalue weighted by Gasteiger charge is -2.24. The van der Waals surface area contributed by atoms with E-state index in [0.717, 1.165) is 4.90 Å². The first-order valence-corrected chi connectivity index (χ1v) is 6.34.